The third-order valence-corrected chi connectivity index (χ3v) is 10.5. The molecule has 3 heteroatoms. The van der Waals surface area contributed by atoms with Gasteiger partial charge < -0.3 is 4.43 Å². The molecule has 0 bridgehead atoms. The fraction of sp³-hybridized carbons (Fsp3) is 0.867. The van der Waals surface area contributed by atoms with Crippen LogP contribution in [0, 0.1) is 11.8 Å². The van der Waals surface area contributed by atoms with Crippen molar-refractivity contribution in [2.24, 2.45) is 0 Å². The zero-order valence-corrected chi connectivity index (χ0v) is 16.2. The number of alkyl halides is 1. The molecule has 0 aliphatic rings. The summed E-state index contributed by atoms with van der Waals surface area (Å²) in [4.78, 5) is 0. The lowest BCUT2D eigenvalue weighted by Crippen LogP contribution is -2.50. The second-order valence-electron chi connectivity index (χ2n) is 5.80. The normalized spacial score (nSPS) is 13.9. The summed E-state index contributed by atoms with van der Waals surface area (Å²) < 4.78 is 7.77. The fourth-order valence-electron chi connectivity index (χ4n) is 3.08. The van der Waals surface area contributed by atoms with Crippen LogP contribution >= 0.6 is 22.6 Å². The van der Waals surface area contributed by atoms with Gasteiger partial charge in [0, 0.05) is 4.43 Å². The fourth-order valence-corrected chi connectivity index (χ4v) is 9.13. The molecule has 0 radical (unpaired) electrons. The van der Waals surface area contributed by atoms with Crippen LogP contribution in [0.5, 0.6) is 0 Å². The van der Waals surface area contributed by atoms with Gasteiger partial charge in [-0.15, -0.1) is 5.92 Å². The molecule has 106 valence electrons. The van der Waals surface area contributed by atoms with E-state index in [2.05, 4.69) is 76.0 Å². The molecule has 0 saturated heterocycles. The summed E-state index contributed by atoms with van der Waals surface area (Å²) in [6, 6.07) is 0. The Kier molecular flexibility index (Phi) is 8.82. The maximum Gasteiger partial charge on any atom is 0.202 e. The zero-order chi connectivity index (χ0) is 14.3. The summed E-state index contributed by atoms with van der Waals surface area (Å²) in [6.07, 6.45) is 1.17. The van der Waals surface area contributed by atoms with E-state index in [1.54, 1.807) is 0 Å². The van der Waals surface area contributed by atoms with E-state index in [0.29, 0.717) is 16.6 Å². The van der Waals surface area contributed by atoms with E-state index in [1.807, 2.05) is 6.92 Å². The molecular formula is C15H29IOSi. The maximum atomic E-state index is 6.66. The SMILES string of the molecule is CC#CC(CCI)O[Si](C(C)C)(C(C)C)C(C)C. The lowest BCUT2D eigenvalue weighted by atomic mass is 10.3. The topological polar surface area (TPSA) is 9.23 Å². The molecule has 0 spiro atoms. The van der Waals surface area contributed by atoms with Crippen molar-refractivity contribution < 1.29 is 4.43 Å². The van der Waals surface area contributed by atoms with Gasteiger partial charge in [0.25, 0.3) is 0 Å². The van der Waals surface area contributed by atoms with Crippen LogP contribution in [0.25, 0.3) is 0 Å². The quantitative estimate of drug-likeness (QED) is 0.249. The van der Waals surface area contributed by atoms with Crippen molar-refractivity contribution in [1.29, 1.82) is 0 Å². The summed E-state index contributed by atoms with van der Waals surface area (Å²) in [6.45, 7) is 15.9. The summed E-state index contributed by atoms with van der Waals surface area (Å²) in [5, 5.41) is 0. The van der Waals surface area contributed by atoms with E-state index in [-0.39, 0.29) is 6.10 Å². The molecule has 1 nitrogen and oxygen atoms in total. The van der Waals surface area contributed by atoms with E-state index in [0.717, 1.165) is 10.8 Å². The smallest absolute Gasteiger partial charge is 0.202 e. The molecule has 0 aromatic carbocycles. The molecular weight excluding hydrogens is 351 g/mol. The van der Waals surface area contributed by atoms with Gasteiger partial charge in [-0.2, -0.15) is 0 Å². The van der Waals surface area contributed by atoms with Crippen LogP contribution in [-0.4, -0.2) is 18.8 Å². The van der Waals surface area contributed by atoms with Crippen molar-refractivity contribution in [3.63, 3.8) is 0 Å². The van der Waals surface area contributed by atoms with Gasteiger partial charge in [0.05, 0.1) is 0 Å². The van der Waals surface area contributed by atoms with Crippen LogP contribution in [-0.2, 0) is 4.43 Å². The van der Waals surface area contributed by atoms with Crippen LogP contribution < -0.4 is 0 Å². The molecule has 0 aromatic heterocycles. The maximum absolute atomic E-state index is 6.66. The average Bonchev–Trinajstić information content (AvgIpc) is 2.24. The molecule has 0 fully saturated rings. The second-order valence-corrected chi connectivity index (χ2v) is 12.3. The third-order valence-electron chi connectivity index (χ3n) is 3.73. The van der Waals surface area contributed by atoms with Crippen LogP contribution in [0.4, 0.5) is 0 Å². The Morgan fingerprint density at radius 1 is 1.00 bits per heavy atom. The van der Waals surface area contributed by atoms with Crippen molar-refractivity contribution in [1.82, 2.24) is 0 Å². The minimum atomic E-state index is -1.77. The van der Waals surface area contributed by atoms with Crippen LogP contribution in [0.15, 0.2) is 0 Å². The standard InChI is InChI=1S/C15H29IOSi/c1-8-9-15(10-11-16)17-18(12(2)3,13(4)5)14(6)7/h12-15H,10-11H2,1-7H3. The molecule has 0 rings (SSSR count). The monoisotopic (exact) mass is 380 g/mol. The van der Waals surface area contributed by atoms with Gasteiger partial charge in [-0.1, -0.05) is 70.1 Å². The molecule has 0 aliphatic carbocycles. The molecule has 0 heterocycles. The van der Waals surface area contributed by atoms with Crippen molar-refractivity contribution in [3.8, 4) is 11.8 Å². The summed E-state index contributed by atoms with van der Waals surface area (Å²) in [5.74, 6) is 6.30. The first-order chi connectivity index (χ1) is 8.32. The first-order valence-electron chi connectivity index (χ1n) is 6.98. The number of halogens is 1. The molecule has 1 atom stereocenters. The minimum Gasteiger partial charge on any atom is -0.402 e. The second kappa shape index (κ2) is 8.60. The van der Waals surface area contributed by atoms with Gasteiger partial charge in [0.15, 0.2) is 0 Å². The predicted octanol–water partition coefficient (Wildman–Crippen LogP) is 5.40. The van der Waals surface area contributed by atoms with Gasteiger partial charge in [-0.05, 0) is 30.0 Å². The molecule has 18 heavy (non-hydrogen) atoms. The van der Waals surface area contributed by atoms with Crippen molar-refractivity contribution in [3.05, 3.63) is 0 Å². The van der Waals surface area contributed by atoms with E-state index < -0.39 is 8.32 Å². The van der Waals surface area contributed by atoms with Crippen molar-refractivity contribution in [2.45, 2.75) is 77.6 Å². The first kappa shape index (κ1) is 18.5. The largest absolute Gasteiger partial charge is 0.402 e. The summed E-state index contributed by atoms with van der Waals surface area (Å²) in [5.41, 5.74) is 1.90. The molecule has 0 N–H and O–H groups in total. The Morgan fingerprint density at radius 2 is 1.44 bits per heavy atom. The van der Waals surface area contributed by atoms with Crippen LogP contribution in [0.3, 0.4) is 0 Å². The van der Waals surface area contributed by atoms with E-state index >= 15 is 0 Å². The summed E-state index contributed by atoms with van der Waals surface area (Å²) >= 11 is 2.41. The highest BCUT2D eigenvalue weighted by Gasteiger charge is 2.46. The first-order valence-corrected chi connectivity index (χ1v) is 10.7. The van der Waals surface area contributed by atoms with E-state index in [9.17, 15) is 0 Å². The zero-order valence-electron chi connectivity index (χ0n) is 13.0. The lowest BCUT2D eigenvalue weighted by Gasteiger charge is -2.43. The molecule has 1 unspecified atom stereocenters. The molecule has 0 amide bonds. The van der Waals surface area contributed by atoms with Gasteiger partial charge in [0.1, 0.15) is 6.10 Å². The predicted molar refractivity (Wildman–Crippen MR) is 92.9 cm³/mol. The van der Waals surface area contributed by atoms with Crippen LogP contribution in [0.1, 0.15) is 54.9 Å². The molecule has 0 aliphatic heterocycles. The van der Waals surface area contributed by atoms with Gasteiger partial charge in [0.2, 0.25) is 8.32 Å². The minimum absolute atomic E-state index is 0.130. The lowest BCUT2D eigenvalue weighted by molar-refractivity contribution is 0.222. The Labute approximate surface area is 129 Å². The highest BCUT2D eigenvalue weighted by molar-refractivity contribution is 14.1. The number of hydrogen-bond acceptors (Lipinski definition) is 1. The Morgan fingerprint density at radius 3 is 1.72 bits per heavy atom. The molecule has 0 saturated carbocycles. The Balaban J connectivity index is 5.23. The van der Waals surface area contributed by atoms with Crippen LogP contribution in [0.2, 0.25) is 16.6 Å². The van der Waals surface area contributed by atoms with Crippen molar-refractivity contribution >= 4 is 30.9 Å². The highest BCUT2D eigenvalue weighted by atomic mass is 127. The Bertz CT molecular complexity index is 267. The van der Waals surface area contributed by atoms with Gasteiger partial charge in [-0.25, -0.2) is 0 Å². The average molecular weight is 380 g/mol. The van der Waals surface area contributed by atoms with E-state index in [4.69, 9.17) is 4.43 Å². The molecule has 0 aromatic rings. The number of rotatable bonds is 7. The number of hydrogen-bond donors (Lipinski definition) is 0. The van der Waals surface area contributed by atoms with Gasteiger partial charge >= 0.3 is 0 Å². The summed E-state index contributed by atoms with van der Waals surface area (Å²) in [7, 11) is -1.77. The van der Waals surface area contributed by atoms with Crippen molar-refractivity contribution in [2.75, 3.05) is 4.43 Å². The highest BCUT2D eigenvalue weighted by Crippen LogP contribution is 2.43. The third kappa shape index (κ3) is 4.54. The van der Waals surface area contributed by atoms with E-state index in [1.165, 1.54) is 0 Å². The Hall–Kier alpha value is 0.467. The van der Waals surface area contributed by atoms with Gasteiger partial charge in [-0.3, -0.25) is 0 Å².